The predicted molar refractivity (Wildman–Crippen MR) is 121 cm³/mol. The average Bonchev–Trinajstić information content (AvgIpc) is 3.24. The SMILES string of the molecule is CCCN(CC(=O)Nc1ccccc1C)C(=O)COC(=O)C1CCCN1S(=O)(=O)CCC. The van der Waals surface area contributed by atoms with Gasteiger partial charge in [-0.1, -0.05) is 32.0 Å². The van der Waals surface area contributed by atoms with Gasteiger partial charge in [-0.15, -0.1) is 0 Å². The first kappa shape index (κ1) is 25.8. The van der Waals surface area contributed by atoms with Crippen molar-refractivity contribution in [1.29, 1.82) is 0 Å². The van der Waals surface area contributed by atoms with Crippen molar-refractivity contribution in [1.82, 2.24) is 9.21 Å². The molecule has 1 heterocycles. The zero-order chi connectivity index (χ0) is 23.7. The van der Waals surface area contributed by atoms with Gasteiger partial charge < -0.3 is 15.0 Å². The molecule has 1 aromatic rings. The Kier molecular flexibility index (Phi) is 9.64. The van der Waals surface area contributed by atoms with E-state index in [1.54, 1.807) is 13.0 Å². The van der Waals surface area contributed by atoms with Crippen molar-refractivity contribution >= 4 is 33.5 Å². The van der Waals surface area contributed by atoms with E-state index in [1.807, 2.05) is 32.0 Å². The predicted octanol–water partition coefficient (Wildman–Crippen LogP) is 1.92. The quantitative estimate of drug-likeness (QED) is 0.498. The molecule has 32 heavy (non-hydrogen) atoms. The molecule has 1 atom stereocenters. The molecular formula is C22H33N3O6S. The number of anilines is 1. The molecule has 9 nitrogen and oxygen atoms in total. The van der Waals surface area contributed by atoms with Crippen molar-refractivity contribution in [2.75, 3.05) is 37.3 Å². The molecule has 10 heteroatoms. The van der Waals surface area contributed by atoms with Crippen LogP contribution in [0.4, 0.5) is 5.69 Å². The van der Waals surface area contributed by atoms with Gasteiger partial charge in [0.05, 0.1) is 12.3 Å². The highest BCUT2D eigenvalue weighted by atomic mass is 32.2. The Morgan fingerprint density at radius 2 is 1.91 bits per heavy atom. The Balaban J connectivity index is 1.94. The number of sulfonamides is 1. The Morgan fingerprint density at radius 3 is 2.56 bits per heavy atom. The van der Waals surface area contributed by atoms with Crippen molar-refractivity contribution in [3.8, 4) is 0 Å². The topological polar surface area (TPSA) is 113 Å². The molecule has 2 rings (SSSR count). The smallest absolute Gasteiger partial charge is 0.324 e. The lowest BCUT2D eigenvalue weighted by molar-refractivity contribution is -0.155. The van der Waals surface area contributed by atoms with Gasteiger partial charge in [0.25, 0.3) is 5.91 Å². The number of amides is 2. The van der Waals surface area contributed by atoms with Crippen molar-refractivity contribution < 1.29 is 27.5 Å². The molecule has 0 spiro atoms. The van der Waals surface area contributed by atoms with E-state index in [9.17, 15) is 22.8 Å². The number of benzene rings is 1. The second kappa shape index (κ2) is 12.0. The highest BCUT2D eigenvalue weighted by Crippen LogP contribution is 2.23. The van der Waals surface area contributed by atoms with Gasteiger partial charge in [0.1, 0.15) is 6.04 Å². The van der Waals surface area contributed by atoms with E-state index in [2.05, 4.69) is 5.32 Å². The number of carbonyl (C=O) groups excluding carboxylic acids is 3. The minimum atomic E-state index is -3.53. The Labute approximate surface area is 190 Å². The summed E-state index contributed by atoms with van der Waals surface area (Å²) in [6.45, 7) is 5.41. The van der Waals surface area contributed by atoms with E-state index in [1.165, 1.54) is 9.21 Å². The molecule has 0 aliphatic carbocycles. The average molecular weight is 468 g/mol. The molecular weight excluding hydrogens is 434 g/mol. The van der Waals surface area contributed by atoms with Crippen LogP contribution >= 0.6 is 0 Å². The van der Waals surface area contributed by atoms with Crippen molar-refractivity contribution in [3.63, 3.8) is 0 Å². The molecule has 1 aliphatic rings. The third-order valence-corrected chi connectivity index (χ3v) is 7.31. The number of para-hydroxylation sites is 1. The monoisotopic (exact) mass is 467 g/mol. The van der Waals surface area contributed by atoms with Crippen molar-refractivity contribution in [2.24, 2.45) is 0 Å². The van der Waals surface area contributed by atoms with Crippen LogP contribution in [-0.2, 0) is 29.1 Å². The Hall–Kier alpha value is -2.46. The molecule has 0 radical (unpaired) electrons. The summed E-state index contributed by atoms with van der Waals surface area (Å²) in [5.41, 5.74) is 1.57. The Bertz CT molecular complexity index is 918. The molecule has 1 fully saturated rings. The molecule has 1 aliphatic heterocycles. The van der Waals surface area contributed by atoms with Crippen LogP contribution in [-0.4, -0.2) is 73.4 Å². The number of nitrogens with one attached hydrogen (secondary N) is 1. The fraction of sp³-hybridized carbons (Fsp3) is 0.591. The molecule has 0 saturated carbocycles. The summed E-state index contributed by atoms with van der Waals surface area (Å²) < 4.78 is 31.1. The van der Waals surface area contributed by atoms with Gasteiger partial charge in [0, 0.05) is 18.8 Å². The normalized spacial score (nSPS) is 16.5. The highest BCUT2D eigenvalue weighted by molar-refractivity contribution is 7.89. The fourth-order valence-electron chi connectivity index (χ4n) is 3.64. The first-order chi connectivity index (χ1) is 15.2. The molecule has 178 valence electrons. The van der Waals surface area contributed by atoms with Gasteiger partial charge >= 0.3 is 5.97 Å². The van der Waals surface area contributed by atoms with E-state index < -0.39 is 34.5 Å². The number of hydrogen-bond donors (Lipinski definition) is 1. The standard InChI is InChI=1S/C22H33N3O6S/c1-4-12-24(15-20(26)23-18-10-7-6-9-17(18)3)21(27)16-31-22(28)19-11-8-13-25(19)32(29,30)14-5-2/h6-7,9-10,19H,4-5,8,11-16H2,1-3H3,(H,23,26). The number of carbonyl (C=O) groups is 3. The summed E-state index contributed by atoms with van der Waals surface area (Å²) >= 11 is 0. The molecule has 1 saturated heterocycles. The van der Waals surface area contributed by atoms with Crippen LogP contribution in [0.2, 0.25) is 0 Å². The van der Waals surface area contributed by atoms with Gasteiger partial charge in [-0.2, -0.15) is 4.31 Å². The van der Waals surface area contributed by atoms with Crippen LogP contribution in [0, 0.1) is 6.92 Å². The van der Waals surface area contributed by atoms with Gasteiger partial charge in [-0.25, -0.2) is 8.42 Å². The zero-order valence-corrected chi connectivity index (χ0v) is 19.8. The minimum absolute atomic E-state index is 0.0318. The molecule has 0 bridgehead atoms. The summed E-state index contributed by atoms with van der Waals surface area (Å²) in [5, 5.41) is 2.78. The lowest BCUT2D eigenvalue weighted by Crippen LogP contribution is -2.44. The summed E-state index contributed by atoms with van der Waals surface area (Å²) in [5.74, 6) is -1.60. The third kappa shape index (κ3) is 7.03. The second-order valence-corrected chi connectivity index (χ2v) is 9.91. The summed E-state index contributed by atoms with van der Waals surface area (Å²) in [7, 11) is -3.53. The van der Waals surface area contributed by atoms with E-state index in [0.29, 0.717) is 37.9 Å². The maximum atomic E-state index is 12.6. The zero-order valence-electron chi connectivity index (χ0n) is 19.0. The second-order valence-electron chi connectivity index (χ2n) is 7.87. The van der Waals surface area contributed by atoms with Crippen LogP contribution in [0.5, 0.6) is 0 Å². The molecule has 1 N–H and O–H groups in total. The van der Waals surface area contributed by atoms with Crippen molar-refractivity contribution in [3.05, 3.63) is 29.8 Å². The van der Waals surface area contributed by atoms with Crippen LogP contribution < -0.4 is 5.32 Å². The third-order valence-electron chi connectivity index (χ3n) is 5.23. The number of ether oxygens (including phenoxy) is 1. The largest absolute Gasteiger partial charge is 0.454 e. The first-order valence-corrected chi connectivity index (χ1v) is 12.6. The highest BCUT2D eigenvalue weighted by Gasteiger charge is 2.39. The molecule has 1 unspecified atom stereocenters. The number of esters is 1. The maximum Gasteiger partial charge on any atom is 0.324 e. The van der Waals surface area contributed by atoms with Gasteiger partial charge in [-0.05, 0) is 44.2 Å². The van der Waals surface area contributed by atoms with E-state index in [0.717, 1.165) is 5.56 Å². The maximum absolute atomic E-state index is 12.6. The Morgan fingerprint density at radius 1 is 1.19 bits per heavy atom. The lowest BCUT2D eigenvalue weighted by Gasteiger charge is -2.24. The van der Waals surface area contributed by atoms with Crippen LogP contribution in [0.15, 0.2) is 24.3 Å². The van der Waals surface area contributed by atoms with Gasteiger partial charge in [0.15, 0.2) is 6.61 Å². The van der Waals surface area contributed by atoms with Crippen LogP contribution in [0.25, 0.3) is 0 Å². The van der Waals surface area contributed by atoms with E-state index in [4.69, 9.17) is 4.74 Å². The summed E-state index contributed by atoms with van der Waals surface area (Å²) in [4.78, 5) is 38.9. The van der Waals surface area contributed by atoms with Crippen LogP contribution in [0.1, 0.15) is 45.1 Å². The molecule has 0 aromatic heterocycles. The molecule has 2 amide bonds. The van der Waals surface area contributed by atoms with E-state index >= 15 is 0 Å². The van der Waals surface area contributed by atoms with Gasteiger partial charge in [-0.3, -0.25) is 14.4 Å². The number of rotatable bonds is 11. The summed E-state index contributed by atoms with van der Waals surface area (Å²) in [6.07, 6.45) is 2.02. The van der Waals surface area contributed by atoms with Gasteiger partial charge in [0.2, 0.25) is 15.9 Å². The van der Waals surface area contributed by atoms with Crippen LogP contribution in [0.3, 0.4) is 0 Å². The number of aryl methyl sites for hydroxylation is 1. The van der Waals surface area contributed by atoms with E-state index in [-0.39, 0.29) is 24.7 Å². The van der Waals surface area contributed by atoms with Crippen molar-refractivity contribution in [2.45, 2.75) is 52.5 Å². The lowest BCUT2D eigenvalue weighted by atomic mass is 10.2. The number of hydrogen-bond acceptors (Lipinski definition) is 6. The fourth-order valence-corrected chi connectivity index (χ4v) is 5.38. The first-order valence-electron chi connectivity index (χ1n) is 11.0. The number of nitrogens with zero attached hydrogens (tertiary/aromatic N) is 2. The summed E-state index contributed by atoms with van der Waals surface area (Å²) in [6, 6.07) is 6.43. The molecule has 1 aromatic carbocycles. The minimum Gasteiger partial charge on any atom is -0.454 e.